The average molecular weight is 291 g/mol. The molecule has 4 N–H and O–H groups in total. The first-order valence-corrected chi connectivity index (χ1v) is 8.01. The van der Waals surface area contributed by atoms with Crippen LogP contribution in [0.5, 0.6) is 11.5 Å². The summed E-state index contributed by atoms with van der Waals surface area (Å²) in [5.41, 5.74) is 8.32. The summed E-state index contributed by atoms with van der Waals surface area (Å²) in [7, 11) is 0. The van der Waals surface area contributed by atoms with Crippen molar-refractivity contribution in [2.45, 2.75) is 57.7 Å². The first-order chi connectivity index (χ1) is 10.1. The standard InChI is InChI=1S/C17H25NO3/c1-10-7-12-13(17(20)16(10)19)8-14(21-15(12)9-18)11-5-3-2-4-6-11/h7,11,14-15,19-20H,2-6,8-9,18H2,1H3/t14-,15-/m0/s1. The molecule has 0 saturated heterocycles. The smallest absolute Gasteiger partial charge is 0.161 e. The minimum atomic E-state index is -0.175. The Hall–Kier alpha value is -1.26. The highest BCUT2D eigenvalue weighted by atomic mass is 16.5. The highest BCUT2D eigenvalue weighted by molar-refractivity contribution is 5.55. The summed E-state index contributed by atoms with van der Waals surface area (Å²) in [6.07, 6.45) is 6.82. The fourth-order valence-corrected chi connectivity index (χ4v) is 3.86. The Morgan fingerprint density at radius 1 is 1.19 bits per heavy atom. The summed E-state index contributed by atoms with van der Waals surface area (Å²) < 4.78 is 6.23. The number of aromatic hydroxyl groups is 2. The first kappa shape index (κ1) is 14.7. The third-order valence-corrected chi connectivity index (χ3v) is 5.09. The molecule has 4 heteroatoms. The van der Waals surface area contributed by atoms with Gasteiger partial charge in [0.2, 0.25) is 0 Å². The molecule has 0 unspecified atom stereocenters. The number of phenolic OH excluding ortho intramolecular Hbond substituents is 2. The molecule has 21 heavy (non-hydrogen) atoms. The van der Waals surface area contributed by atoms with E-state index in [1.165, 1.54) is 32.1 Å². The van der Waals surface area contributed by atoms with Crippen molar-refractivity contribution >= 4 is 0 Å². The maximum atomic E-state index is 10.3. The monoisotopic (exact) mass is 291 g/mol. The molecule has 1 aliphatic carbocycles. The molecule has 1 saturated carbocycles. The summed E-state index contributed by atoms with van der Waals surface area (Å²) >= 11 is 0. The van der Waals surface area contributed by atoms with Gasteiger partial charge >= 0.3 is 0 Å². The minimum Gasteiger partial charge on any atom is -0.504 e. The minimum absolute atomic E-state index is 0.00573. The van der Waals surface area contributed by atoms with Crippen molar-refractivity contribution in [1.82, 2.24) is 0 Å². The van der Waals surface area contributed by atoms with Crippen LogP contribution in [0.4, 0.5) is 0 Å². The van der Waals surface area contributed by atoms with Gasteiger partial charge in [0.1, 0.15) is 0 Å². The van der Waals surface area contributed by atoms with E-state index >= 15 is 0 Å². The molecule has 0 radical (unpaired) electrons. The topological polar surface area (TPSA) is 75.7 Å². The maximum absolute atomic E-state index is 10.3. The fourth-order valence-electron chi connectivity index (χ4n) is 3.86. The van der Waals surface area contributed by atoms with Crippen molar-refractivity contribution < 1.29 is 14.9 Å². The molecule has 1 aromatic carbocycles. The Morgan fingerprint density at radius 2 is 1.90 bits per heavy atom. The lowest BCUT2D eigenvalue weighted by Crippen LogP contribution is -2.36. The Balaban J connectivity index is 1.94. The number of hydrogen-bond donors (Lipinski definition) is 3. The molecular weight excluding hydrogens is 266 g/mol. The highest BCUT2D eigenvalue weighted by Crippen LogP contribution is 2.44. The van der Waals surface area contributed by atoms with Gasteiger partial charge < -0.3 is 20.7 Å². The Bertz CT molecular complexity index is 523. The van der Waals surface area contributed by atoms with Crippen LogP contribution in [-0.4, -0.2) is 22.9 Å². The van der Waals surface area contributed by atoms with Crippen LogP contribution < -0.4 is 5.73 Å². The lowest BCUT2D eigenvalue weighted by Gasteiger charge is -2.38. The SMILES string of the molecule is Cc1cc2c(c(O)c1O)C[C@@H](C1CCCCC1)O[C@H]2CN. The summed E-state index contributed by atoms with van der Waals surface area (Å²) in [5, 5.41) is 20.3. The van der Waals surface area contributed by atoms with E-state index < -0.39 is 0 Å². The molecule has 0 aromatic heterocycles. The zero-order valence-corrected chi connectivity index (χ0v) is 12.6. The Morgan fingerprint density at radius 3 is 2.57 bits per heavy atom. The van der Waals surface area contributed by atoms with Gasteiger partial charge in [-0.3, -0.25) is 0 Å². The number of benzene rings is 1. The van der Waals surface area contributed by atoms with Crippen LogP contribution in [0, 0.1) is 12.8 Å². The second kappa shape index (κ2) is 5.85. The third-order valence-electron chi connectivity index (χ3n) is 5.09. The zero-order valence-electron chi connectivity index (χ0n) is 12.6. The quantitative estimate of drug-likeness (QED) is 0.732. The molecule has 0 amide bonds. The molecule has 1 aromatic rings. The number of rotatable bonds is 2. The van der Waals surface area contributed by atoms with Crippen LogP contribution in [-0.2, 0) is 11.2 Å². The highest BCUT2D eigenvalue weighted by Gasteiger charge is 2.35. The second-order valence-corrected chi connectivity index (χ2v) is 6.46. The number of hydrogen-bond acceptors (Lipinski definition) is 4. The zero-order chi connectivity index (χ0) is 15.0. The van der Waals surface area contributed by atoms with E-state index in [1.54, 1.807) is 6.92 Å². The van der Waals surface area contributed by atoms with Gasteiger partial charge in [-0.1, -0.05) is 19.3 Å². The summed E-state index contributed by atoms with van der Waals surface area (Å²) in [4.78, 5) is 0. The van der Waals surface area contributed by atoms with Gasteiger partial charge in [-0.25, -0.2) is 0 Å². The van der Waals surface area contributed by atoms with E-state index in [1.807, 2.05) is 6.07 Å². The number of phenols is 2. The number of fused-ring (bicyclic) bond motifs is 1. The lowest BCUT2D eigenvalue weighted by atomic mass is 9.80. The first-order valence-electron chi connectivity index (χ1n) is 8.01. The summed E-state index contributed by atoms with van der Waals surface area (Å²) in [5.74, 6) is 0.560. The molecule has 2 aliphatic rings. The van der Waals surface area contributed by atoms with E-state index in [-0.39, 0.29) is 23.7 Å². The lowest BCUT2D eigenvalue weighted by molar-refractivity contribution is -0.0595. The predicted molar refractivity (Wildman–Crippen MR) is 81.5 cm³/mol. The van der Waals surface area contributed by atoms with Crippen molar-refractivity contribution in [3.63, 3.8) is 0 Å². The molecular formula is C17H25NO3. The van der Waals surface area contributed by atoms with Crippen molar-refractivity contribution in [2.24, 2.45) is 11.7 Å². The van der Waals surface area contributed by atoms with Gasteiger partial charge in [-0.05, 0) is 42.9 Å². The molecule has 1 fully saturated rings. The maximum Gasteiger partial charge on any atom is 0.161 e. The Kier molecular flexibility index (Phi) is 4.09. The van der Waals surface area contributed by atoms with E-state index in [0.29, 0.717) is 24.4 Å². The van der Waals surface area contributed by atoms with Crippen LogP contribution in [0.2, 0.25) is 0 Å². The van der Waals surface area contributed by atoms with E-state index in [9.17, 15) is 10.2 Å². The van der Waals surface area contributed by atoms with Gasteiger partial charge in [0.15, 0.2) is 11.5 Å². The van der Waals surface area contributed by atoms with Crippen molar-refractivity contribution in [3.8, 4) is 11.5 Å². The number of aryl methyl sites for hydroxylation is 1. The van der Waals surface area contributed by atoms with Gasteiger partial charge in [-0.2, -0.15) is 0 Å². The molecule has 3 rings (SSSR count). The van der Waals surface area contributed by atoms with Crippen LogP contribution >= 0.6 is 0 Å². The van der Waals surface area contributed by atoms with Crippen LogP contribution in [0.15, 0.2) is 6.07 Å². The number of nitrogens with two attached hydrogens (primary N) is 1. The van der Waals surface area contributed by atoms with Crippen molar-refractivity contribution in [2.75, 3.05) is 6.54 Å². The van der Waals surface area contributed by atoms with Crippen molar-refractivity contribution in [3.05, 3.63) is 22.8 Å². The van der Waals surface area contributed by atoms with E-state index in [2.05, 4.69) is 0 Å². The van der Waals surface area contributed by atoms with Gasteiger partial charge in [0.25, 0.3) is 0 Å². The summed E-state index contributed by atoms with van der Waals surface area (Å²) in [6, 6.07) is 1.90. The largest absolute Gasteiger partial charge is 0.504 e. The third kappa shape index (κ3) is 2.62. The molecule has 0 bridgehead atoms. The molecule has 4 nitrogen and oxygen atoms in total. The van der Waals surface area contributed by atoms with Gasteiger partial charge in [-0.15, -0.1) is 0 Å². The van der Waals surface area contributed by atoms with E-state index in [4.69, 9.17) is 10.5 Å². The summed E-state index contributed by atoms with van der Waals surface area (Å²) in [6.45, 7) is 2.19. The second-order valence-electron chi connectivity index (χ2n) is 6.46. The fraction of sp³-hybridized carbons (Fsp3) is 0.647. The van der Waals surface area contributed by atoms with Crippen LogP contribution in [0.25, 0.3) is 0 Å². The normalized spacial score (nSPS) is 26.6. The molecule has 0 spiro atoms. The molecule has 1 heterocycles. The van der Waals surface area contributed by atoms with Crippen LogP contribution in [0.3, 0.4) is 0 Å². The average Bonchev–Trinajstić information content (AvgIpc) is 2.53. The molecule has 116 valence electrons. The van der Waals surface area contributed by atoms with Gasteiger partial charge in [0.05, 0.1) is 12.2 Å². The predicted octanol–water partition coefficient (Wildman–Crippen LogP) is 2.93. The van der Waals surface area contributed by atoms with E-state index in [0.717, 1.165) is 11.1 Å². The van der Waals surface area contributed by atoms with Crippen molar-refractivity contribution in [1.29, 1.82) is 0 Å². The molecule has 1 aliphatic heterocycles. The molecule has 2 atom stereocenters. The van der Waals surface area contributed by atoms with Crippen LogP contribution in [0.1, 0.15) is 54.9 Å². The van der Waals surface area contributed by atoms with Gasteiger partial charge in [0, 0.05) is 18.5 Å². The number of ether oxygens (including phenoxy) is 1. The Labute approximate surface area is 125 Å².